The molecule has 2 saturated carbocycles. The molecule has 4 aliphatic rings. The summed E-state index contributed by atoms with van der Waals surface area (Å²) >= 11 is 0. The Hall–Kier alpha value is -2.16. The van der Waals surface area contributed by atoms with E-state index in [9.17, 15) is 9.59 Å². The Morgan fingerprint density at radius 2 is 1.93 bits per heavy atom. The minimum absolute atomic E-state index is 0.00410. The van der Waals surface area contributed by atoms with Crippen LogP contribution in [-0.2, 0) is 9.53 Å². The molecule has 3 heteroatoms. The molecular formula is C25H28O3. The lowest BCUT2D eigenvalue weighted by molar-refractivity contribution is -0.115. The number of allylic oxidation sites excluding steroid dienone is 4. The molecular weight excluding hydrogens is 348 g/mol. The van der Waals surface area contributed by atoms with Crippen molar-refractivity contribution in [1.29, 1.82) is 0 Å². The number of carbonyl (C=O) groups is 2. The second kappa shape index (κ2) is 6.72. The van der Waals surface area contributed by atoms with Crippen LogP contribution in [0.5, 0.6) is 0 Å². The zero-order chi connectivity index (χ0) is 19.3. The van der Waals surface area contributed by atoms with Gasteiger partial charge in [0.25, 0.3) is 0 Å². The summed E-state index contributed by atoms with van der Waals surface area (Å²) in [6.07, 6.45) is 12.5. The van der Waals surface area contributed by atoms with Crippen molar-refractivity contribution in [2.24, 2.45) is 29.1 Å². The van der Waals surface area contributed by atoms with E-state index in [0.29, 0.717) is 35.7 Å². The Bertz CT molecular complexity index is 852. The van der Waals surface area contributed by atoms with E-state index in [1.165, 1.54) is 5.57 Å². The number of carbonyl (C=O) groups excluding carboxylic acids is 2. The first-order valence-corrected chi connectivity index (χ1v) is 10.7. The standard InChI is InChI=1S/C25H28O3/c1-25-14-13-20-19-10-8-18(26)15-17(19)7-9-21(20)22(25)11-12-23(25)28-24(27)16-5-3-2-4-6-16/h2-7,9,15,19-23H,8,10-14H2,1H3/t19-,20+,21+,22-,23-,25-/m0/s1. The first-order valence-electron chi connectivity index (χ1n) is 10.7. The topological polar surface area (TPSA) is 43.4 Å². The number of ether oxygens (including phenoxy) is 1. The van der Waals surface area contributed by atoms with E-state index in [0.717, 1.165) is 32.1 Å². The molecule has 1 aromatic carbocycles. The summed E-state index contributed by atoms with van der Waals surface area (Å²) in [6, 6.07) is 9.34. The Morgan fingerprint density at radius 3 is 2.75 bits per heavy atom. The fraction of sp³-hybridized carbons (Fsp3) is 0.520. The van der Waals surface area contributed by atoms with Gasteiger partial charge in [-0.15, -0.1) is 0 Å². The van der Waals surface area contributed by atoms with Gasteiger partial charge in [0.05, 0.1) is 5.56 Å². The molecule has 4 aliphatic carbocycles. The number of benzene rings is 1. The quantitative estimate of drug-likeness (QED) is 0.672. The summed E-state index contributed by atoms with van der Waals surface area (Å²) in [7, 11) is 0. The third-order valence-corrected chi connectivity index (χ3v) is 8.04. The predicted octanol–water partition coefficient (Wildman–Crippen LogP) is 5.13. The molecule has 5 rings (SSSR count). The van der Waals surface area contributed by atoms with Crippen molar-refractivity contribution in [3.63, 3.8) is 0 Å². The molecule has 0 heterocycles. The van der Waals surface area contributed by atoms with Crippen LogP contribution in [0.4, 0.5) is 0 Å². The molecule has 0 N–H and O–H groups in total. The Labute approximate surface area is 166 Å². The Kier molecular flexibility index (Phi) is 4.30. The molecule has 0 aliphatic heterocycles. The van der Waals surface area contributed by atoms with Gasteiger partial charge in [-0.3, -0.25) is 4.79 Å². The minimum Gasteiger partial charge on any atom is -0.458 e. The van der Waals surface area contributed by atoms with Crippen LogP contribution in [0.2, 0.25) is 0 Å². The van der Waals surface area contributed by atoms with Crippen molar-refractivity contribution in [3.8, 4) is 0 Å². The lowest BCUT2D eigenvalue weighted by Crippen LogP contribution is -2.47. The zero-order valence-electron chi connectivity index (χ0n) is 16.5. The van der Waals surface area contributed by atoms with Crippen LogP contribution in [0.15, 0.2) is 54.1 Å². The van der Waals surface area contributed by atoms with Crippen LogP contribution in [0.1, 0.15) is 55.8 Å². The van der Waals surface area contributed by atoms with Gasteiger partial charge < -0.3 is 4.74 Å². The van der Waals surface area contributed by atoms with E-state index in [1.807, 2.05) is 36.4 Å². The number of rotatable bonds is 2. The number of ketones is 1. The highest BCUT2D eigenvalue weighted by atomic mass is 16.5. The van der Waals surface area contributed by atoms with Crippen LogP contribution < -0.4 is 0 Å². The van der Waals surface area contributed by atoms with Crippen molar-refractivity contribution < 1.29 is 14.3 Å². The van der Waals surface area contributed by atoms with Crippen molar-refractivity contribution in [2.45, 2.75) is 51.6 Å². The summed E-state index contributed by atoms with van der Waals surface area (Å²) in [5.41, 5.74) is 1.95. The lowest BCUT2D eigenvalue weighted by Gasteiger charge is -2.51. The van der Waals surface area contributed by atoms with Crippen molar-refractivity contribution in [3.05, 3.63) is 59.7 Å². The van der Waals surface area contributed by atoms with E-state index < -0.39 is 0 Å². The average Bonchev–Trinajstić information content (AvgIpc) is 3.04. The smallest absolute Gasteiger partial charge is 0.338 e. The van der Waals surface area contributed by atoms with Crippen LogP contribution >= 0.6 is 0 Å². The van der Waals surface area contributed by atoms with E-state index in [1.54, 1.807) is 0 Å². The molecule has 6 atom stereocenters. The van der Waals surface area contributed by atoms with Crippen LogP contribution in [-0.4, -0.2) is 17.9 Å². The molecule has 3 nitrogen and oxygen atoms in total. The van der Waals surface area contributed by atoms with Gasteiger partial charge in [0.15, 0.2) is 5.78 Å². The summed E-state index contributed by atoms with van der Waals surface area (Å²) in [5.74, 6) is 2.40. The first kappa shape index (κ1) is 17.9. The molecule has 0 bridgehead atoms. The maximum Gasteiger partial charge on any atom is 0.338 e. The average molecular weight is 376 g/mol. The summed E-state index contributed by atoms with van der Waals surface area (Å²) in [6.45, 7) is 2.34. The molecule has 0 spiro atoms. The molecule has 0 aromatic heterocycles. The van der Waals surface area contributed by atoms with Crippen LogP contribution in [0.3, 0.4) is 0 Å². The third kappa shape index (κ3) is 2.78. The number of fused-ring (bicyclic) bond motifs is 5. The Morgan fingerprint density at radius 1 is 1.11 bits per heavy atom. The maximum absolute atomic E-state index is 12.6. The normalized spacial score (nSPS) is 38.8. The van der Waals surface area contributed by atoms with E-state index in [4.69, 9.17) is 4.74 Å². The Balaban J connectivity index is 1.37. The molecule has 0 amide bonds. The molecule has 0 radical (unpaired) electrons. The minimum atomic E-state index is -0.190. The summed E-state index contributed by atoms with van der Waals surface area (Å²) in [5, 5.41) is 0. The molecule has 146 valence electrons. The number of esters is 1. The van der Waals surface area contributed by atoms with Crippen LogP contribution in [0.25, 0.3) is 0 Å². The SMILES string of the molecule is C[C@]12CC[C@H]3[C@@H](C=CC4=CC(=O)CC[C@@H]43)[C@@H]1CC[C@@H]2OC(=O)c1ccccc1. The number of hydrogen-bond donors (Lipinski definition) is 0. The highest BCUT2D eigenvalue weighted by Crippen LogP contribution is 2.61. The number of hydrogen-bond acceptors (Lipinski definition) is 3. The van der Waals surface area contributed by atoms with Gasteiger partial charge in [-0.2, -0.15) is 0 Å². The highest BCUT2D eigenvalue weighted by molar-refractivity contribution is 5.92. The van der Waals surface area contributed by atoms with Gasteiger partial charge >= 0.3 is 5.97 Å². The highest BCUT2D eigenvalue weighted by Gasteiger charge is 2.56. The van der Waals surface area contributed by atoms with E-state index >= 15 is 0 Å². The summed E-state index contributed by atoms with van der Waals surface area (Å²) < 4.78 is 6.05. The van der Waals surface area contributed by atoms with Gasteiger partial charge in [-0.05, 0) is 79.6 Å². The molecule has 28 heavy (non-hydrogen) atoms. The van der Waals surface area contributed by atoms with E-state index in [-0.39, 0.29) is 23.3 Å². The molecule has 0 unspecified atom stereocenters. The van der Waals surface area contributed by atoms with Crippen LogP contribution in [0, 0.1) is 29.1 Å². The van der Waals surface area contributed by atoms with Gasteiger partial charge in [0.1, 0.15) is 6.10 Å². The molecule has 0 saturated heterocycles. The second-order valence-electron chi connectivity index (χ2n) is 9.34. The van der Waals surface area contributed by atoms with Crippen molar-refractivity contribution >= 4 is 11.8 Å². The van der Waals surface area contributed by atoms with Gasteiger partial charge in [-0.25, -0.2) is 4.79 Å². The molecule has 1 aromatic rings. The third-order valence-electron chi connectivity index (χ3n) is 8.04. The summed E-state index contributed by atoms with van der Waals surface area (Å²) in [4.78, 5) is 24.5. The predicted molar refractivity (Wildman–Crippen MR) is 108 cm³/mol. The maximum atomic E-state index is 12.6. The first-order chi connectivity index (χ1) is 13.6. The largest absolute Gasteiger partial charge is 0.458 e. The van der Waals surface area contributed by atoms with Gasteiger partial charge in [-0.1, -0.05) is 37.3 Å². The zero-order valence-corrected chi connectivity index (χ0v) is 16.5. The fourth-order valence-corrected chi connectivity index (χ4v) is 6.57. The monoisotopic (exact) mass is 376 g/mol. The van der Waals surface area contributed by atoms with Crippen molar-refractivity contribution in [2.75, 3.05) is 0 Å². The second-order valence-corrected chi connectivity index (χ2v) is 9.34. The van der Waals surface area contributed by atoms with Gasteiger partial charge in [0, 0.05) is 11.8 Å². The van der Waals surface area contributed by atoms with Gasteiger partial charge in [0.2, 0.25) is 0 Å². The van der Waals surface area contributed by atoms with E-state index in [2.05, 4.69) is 19.1 Å². The fourth-order valence-electron chi connectivity index (χ4n) is 6.57. The van der Waals surface area contributed by atoms with Crippen molar-refractivity contribution in [1.82, 2.24) is 0 Å². The lowest BCUT2D eigenvalue weighted by atomic mass is 9.54. The molecule has 2 fully saturated rings.